The third-order valence-electron chi connectivity index (χ3n) is 6.60. The molecule has 0 unspecified atom stereocenters. The average molecular weight is 433 g/mol. The van der Waals surface area contributed by atoms with Gasteiger partial charge in [-0.25, -0.2) is 4.85 Å². The number of hydrogen-bond donors (Lipinski definition) is 0. The Bertz CT molecular complexity index is 1620. The van der Waals surface area contributed by atoms with E-state index in [1.807, 2.05) is 63.4 Å². The molecule has 3 aromatic carbocycles. The smallest absolute Gasteiger partial charge is 0.216 e. The molecule has 5 rings (SSSR count). The Kier molecular flexibility index (Phi) is 4.73. The Balaban J connectivity index is 1.87. The third-order valence-corrected chi connectivity index (χ3v) is 6.60. The number of pyridine rings is 1. The summed E-state index contributed by atoms with van der Waals surface area (Å²) in [6.07, 6.45) is 0. The molecule has 0 aliphatic heterocycles. The van der Waals surface area contributed by atoms with Crippen molar-refractivity contribution in [1.29, 1.82) is 0 Å². The van der Waals surface area contributed by atoms with E-state index in [9.17, 15) is 0 Å². The van der Waals surface area contributed by atoms with Crippen molar-refractivity contribution in [3.05, 3.63) is 95.0 Å². The molecule has 2 heterocycles. The van der Waals surface area contributed by atoms with Crippen molar-refractivity contribution in [3.8, 4) is 22.4 Å². The molecule has 0 atom stereocenters. The maximum Gasteiger partial charge on any atom is 0.216 e. The lowest BCUT2D eigenvalue weighted by molar-refractivity contribution is -0.667. The molecule has 5 aromatic rings. The molecule has 0 fully saturated rings. The van der Waals surface area contributed by atoms with Crippen molar-refractivity contribution >= 4 is 27.6 Å². The lowest BCUT2D eigenvalue weighted by Crippen LogP contribution is -2.36. The molecule has 0 saturated carbocycles. The Morgan fingerprint density at radius 2 is 1.70 bits per heavy atom. The monoisotopic (exact) mass is 432 g/mol. The Labute approximate surface area is 196 Å². The quantitative estimate of drug-likeness (QED) is 0.209. The van der Waals surface area contributed by atoms with Crippen molar-refractivity contribution in [1.82, 2.24) is 0 Å². The van der Waals surface area contributed by atoms with Crippen LogP contribution in [0.3, 0.4) is 0 Å². The molecule has 0 aliphatic carbocycles. The van der Waals surface area contributed by atoms with E-state index in [2.05, 4.69) is 47.5 Å². The van der Waals surface area contributed by atoms with Crippen molar-refractivity contribution < 1.29 is 10.4 Å². The van der Waals surface area contributed by atoms with E-state index in [0.717, 1.165) is 61.1 Å². The summed E-state index contributed by atoms with van der Waals surface area (Å²) in [6, 6.07) is 22.3. The van der Waals surface area contributed by atoms with E-state index in [0.29, 0.717) is 5.69 Å². The summed E-state index contributed by atoms with van der Waals surface area (Å²) in [5.41, 5.74) is 9.43. The molecule has 0 aliphatic rings. The summed E-state index contributed by atoms with van der Waals surface area (Å²) in [5, 5.41) is 1.95. The van der Waals surface area contributed by atoms with Crippen LogP contribution >= 0.6 is 0 Å². The van der Waals surface area contributed by atoms with E-state index < -0.39 is 5.89 Å². The minimum Gasteiger partial charge on any atom is -0.455 e. The maximum atomic E-state index is 8.52. The Hall–Kier alpha value is -3.90. The van der Waals surface area contributed by atoms with Gasteiger partial charge in [0, 0.05) is 36.3 Å². The molecule has 0 saturated heterocycles. The van der Waals surface area contributed by atoms with Crippen molar-refractivity contribution in [3.63, 3.8) is 0 Å². The Morgan fingerprint density at radius 3 is 2.39 bits per heavy atom. The normalized spacial score (nSPS) is 12.2. The number of nitrogens with zero attached hydrogens (tertiary/aromatic N) is 2. The summed E-state index contributed by atoms with van der Waals surface area (Å²) in [4.78, 5) is 3.74. The minimum atomic E-state index is -0.679. The minimum absolute atomic E-state index is 0.597. The van der Waals surface area contributed by atoms with Gasteiger partial charge in [0.05, 0.1) is 12.1 Å². The standard InChI is InChI=1S/C30H27N2O/c1-18(2)23-14-15-27(32(6)20(23)4)28-19(3)12-13-24-26-17-22(31-5)16-25(29(26)33-30(24)28)21-10-8-7-9-11-21/h7-18H,1-4,6H3/q+1/i18D. The van der Waals surface area contributed by atoms with Gasteiger partial charge >= 0.3 is 0 Å². The topological polar surface area (TPSA) is 21.4 Å². The third kappa shape index (κ3) is 3.31. The van der Waals surface area contributed by atoms with Gasteiger partial charge in [-0.15, -0.1) is 0 Å². The van der Waals surface area contributed by atoms with Crippen LogP contribution in [0.1, 0.15) is 37.9 Å². The summed E-state index contributed by atoms with van der Waals surface area (Å²) < 4.78 is 17.3. The predicted octanol–water partition coefficient (Wildman–Crippen LogP) is 8.04. The first kappa shape index (κ1) is 19.8. The van der Waals surface area contributed by atoms with Crippen molar-refractivity contribution in [2.45, 2.75) is 33.6 Å². The summed E-state index contributed by atoms with van der Waals surface area (Å²) in [6.45, 7) is 15.6. The van der Waals surface area contributed by atoms with Crippen molar-refractivity contribution in [2.24, 2.45) is 7.05 Å². The molecule has 0 amide bonds. The molecule has 2 aromatic heterocycles. The molecular weight excluding hydrogens is 404 g/mol. The largest absolute Gasteiger partial charge is 0.455 e. The van der Waals surface area contributed by atoms with Gasteiger partial charge in [0.1, 0.15) is 18.2 Å². The predicted molar refractivity (Wildman–Crippen MR) is 136 cm³/mol. The van der Waals surface area contributed by atoms with Crippen LogP contribution in [0.4, 0.5) is 5.69 Å². The fourth-order valence-electron chi connectivity index (χ4n) is 4.78. The molecule has 162 valence electrons. The maximum absolute atomic E-state index is 8.52. The van der Waals surface area contributed by atoms with Gasteiger partial charge in [0.2, 0.25) is 5.69 Å². The van der Waals surface area contributed by atoms with Gasteiger partial charge < -0.3 is 4.42 Å². The van der Waals surface area contributed by atoms with Gasteiger partial charge in [-0.2, -0.15) is 4.57 Å². The molecule has 3 heteroatoms. The Morgan fingerprint density at radius 1 is 0.939 bits per heavy atom. The van der Waals surface area contributed by atoms with Crippen LogP contribution in [-0.4, -0.2) is 0 Å². The van der Waals surface area contributed by atoms with E-state index in [4.69, 9.17) is 12.4 Å². The van der Waals surface area contributed by atoms with E-state index >= 15 is 0 Å². The van der Waals surface area contributed by atoms with Crippen molar-refractivity contribution in [2.75, 3.05) is 0 Å². The van der Waals surface area contributed by atoms with Crippen LogP contribution < -0.4 is 4.57 Å². The SMILES string of the molecule is [2H]C(C)(C)c1ccc(-c2c(C)ccc3c2oc2c(-c4ccccc4)cc([N+]#[C-])cc23)[n+](C)c1C. The highest BCUT2D eigenvalue weighted by atomic mass is 16.3. The number of furan rings is 1. The van der Waals surface area contributed by atoms with Crippen LogP contribution in [0.15, 0.2) is 71.1 Å². The van der Waals surface area contributed by atoms with Gasteiger partial charge in [0.25, 0.3) is 0 Å². The van der Waals surface area contributed by atoms with Crippen LogP contribution in [-0.2, 0) is 7.05 Å². The number of hydrogen-bond acceptors (Lipinski definition) is 1. The molecular formula is C30H27N2O+. The van der Waals surface area contributed by atoms with Gasteiger partial charge in [-0.1, -0.05) is 56.3 Å². The van der Waals surface area contributed by atoms with Crippen LogP contribution in [0.5, 0.6) is 0 Å². The molecule has 33 heavy (non-hydrogen) atoms. The number of fused-ring (bicyclic) bond motifs is 3. The number of aryl methyl sites for hydroxylation is 1. The van der Waals surface area contributed by atoms with Crippen LogP contribution in [0.2, 0.25) is 0 Å². The van der Waals surface area contributed by atoms with E-state index in [-0.39, 0.29) is 0 Å². The highest BCUT2D eigenvalue weighted by Crippen LogP contribution is 2.42. The first-order valence-corrected chi connectivity index (χ1v) is 11.1. The molecule has 0 bridgehead atoms. The second-order valence-corrected chi connectivity index (χ2v) is 8.86. The zero-order valence-corrected chi connectivity index (χ0v) is 19.7. The molecule has 3 nitrogen and oxygen atoms in total. The summed E-state index contributed by atoms with van der Waals surface area (Å²) >= 11 is 0. The zero-order valence-electron chi connectivity index (χ0n) is 20.7. The second kappa shape index (κ2) is 7.90. The molecule has 0 N–H and O–H groups in total. The van der Waals surface area contributed by atoms with Crippen LogP contribution in [0.25, 0.3) is 49.2 Å². The van der Waals surface area contributed by atoms with Crippen LogP contribution in [0, 0.1) is 20.4 Å². The highest BCUT2D eigenvalue weighted by molar-refractivity contribution is 6.14. The fraction of sp³-hybridized carbons (Fsp3) is 0.200. The summed E-state index contributed by atoms with van der Waals surface area (Å²) in [7, 11) is 2.05. The number of benzene rings is 3. The first-order valence-electron chi connectivity index (χ1n) is 11.6. The van der Waals surface area contributed by atoms with Gasteiger partial charge in [-0.3, -0.25) is 0 Å². The van der Waals surface area contributed by atoms with Gasteiger partial charge in [-0.05, 0) is 42.1 Å². The highest BCUT2D eigenvalue weighted by Gasteiger charge is 2.24. The van der Waals surface area contributed by atoms with Gasteiger partial charge in [0.15, 0.2) is 11.4 Å². The average Bonchev–Trinajstić information content (AvgIpc) is 3.18. The van der Waals surface area contributed by atoms with E-state index in [1.165, 1.54) is 0 Å². The number of rotatable bonds is 3. The fourth-order valence-corrected chi connectivity index (χ4v) is 4.78. The number of aromatic nitrogens is 1. The lowest BCUT2D eigenvalue weighted by atomic mass is 9.96. The molecule has 0 radical (unpaired) electrons. The summed E-state index contributed by atoms with van der Waals surface area (Å²) in [5.74, 6) is -0.679. The molecule has 0 spiro atoms. The second-order valence-electron chi connectivity index (χ2n) is 8.86. The first-order chi connectivity index (χ1) is 16.2. The zero-order chi connectivity index (χ0) is 24.2. The van der Waals surface area contributed by atoms with E-state index in [1.54, 1.807) is 0 Å². The lowest BCUT2D eigenvalue weighted by Gasteiger charge is -2.11.